The monoisotopic (exact) mass is 298 g/mol. The van der Waals surface area contributed by atoms with Crippen LogP contribution in [0.1, 0.15) is 53.5 Å². The fraction of sp³-hybridized carbons (Fsp3) is 0.619. The van der Waals surface area contributed by atoms with Gasteiger partial charge in [0.25, 0.3) is 0 Å². The van der Waals surface area contributed by atoms with Crippen LogP contribution in [0.4, 0.5) is 0 Å². The van der Waals surface area contributed by atoms with Crippen molar-refractivity contribution in [1.29, 1.82) is 0 Å². The summed E-state index contributed by atoms with van der Waals surface area (Å²) in [6.45, 7) is 14.2. The van der Waals surface area contributed by atoms with Gasteiger partial charge in [-0.15, -0.1) is 0 Å². The van der Waals surface area contributed by atoms with Gasteiger partial charge in [-0.05, 0) is 34.8 Å². The van der Waals surface area contributed by atoms with Gasteiger partial charge in [0.2, 0.25) is 0 Å². The molecular formula is C21H30O. The predicted octanol–water partition coefficient (Wildman–Crippen LogP) is 5.64. The molecule has 1 aliphatic heterocycles. The van der Waals surface area contributed by atoms with Crippen molar-refractivity contribution in [3.63, 3.8) is 0 Å². The molecule has 1 aromatic rings. The van der Waals surface area contributed by atoms with Crippen molar-refractivity contribution in [2.75, 3.05) is 0 Å². The molecule has 0 fully saturated rings. The van der Waals surface area contributed by atoms with E-state index >= 15 is 0 Å². The highest BCUT2D eigenvalue weighted by Gasteiger charge is 2.46. The first-order valence-corrected chi connectivity index (χ1v) is 8.63. The number of benzene rings is 1. The largest absolute Gasteiger partial charge is 0.490 e. The molecule has 1 aromatic carbocycles. The van der Waals surface area contributed by atoms with Gasteiger partial charge in [0, 0.05) is 12.3 Å². The van der Waals surface area contributed by atoms with Gasteiger partial charge in [-0.3, -0.25) is 0 Å². The van der Waals surface area contributed by atoms with Crippen LogP contribution in [-0.4, -0.2) is 6.10 Å². The topological polar surface area (TPSA) is 9.23 Å². The summed E-state index contributed by atoms with van der Waals surface area (Å²) in [5.41, 5.74) is 3.51. The highest BCUT2D eigenvalue weighted by molar-refractivity contribution is 5.38. The van der Waals surface area contributed by atoms with Gasteiger partial charge in [-0.25, -0.2) is 0 Å². The molecule has 0 bridgehead atoms. The number of hydrogen-bond acceptors (Lipinski definition) is 1. The molecule has 120 valence electrons. The standard InChI is InChI=1S/C21H30O/c1-20(2,3)16-11-12-18-15(19(16)21(4,5)6)13-14-9-7-8-10-17(14)22-18/h7-11,15,18-19H,12-13H2,1-6H3. The molecule has 0 N–H and O–H groups in total. The molecule has 22 heavy (non-hydrogen) atoms. The zero-order valence-electron chi connectivity index (χ0n) is 14.9. The fourth-order valence-electron chi connectivity index (χ4n) is 4.46. The van der Waals surface area contributed by atoms with E-state index in [2.05, 4.69) is 71.9 Å². The third-order valence-electron chi connectivity index (χ3n) is 5.32. The molecule has 2 aliphatic rings. The first kappa shape index (κ1) is 15.6. The van der Waals surface area contributed by atoms with Crippen molar-refractivity contribution in [3.05, 3.63) is 41.5 Å². The van der Waals surface area contributed by atoms with Crippen molar-refractivity contribution >= 4 is 0 Å². The van der Waals surface area contributed by atoms with E-state index in [0.29, 0.717) is 17.9 Å². The molecule has 1 heteroatoms. The number of fused-ring (bicyclic) bond motifs is 2. The van der Waals surface area contributed by atoms with Crippen molar-refractivity contribution < 1.29 is 4.74 Å². The normalized spacial score (nSPS) is 28.3. The van der Waals surface area contributed by atoms with Gasteiger partial charge in [0.05, 0.1) is 0 Å². The molecule has 0 saturated heterocycles. The summed E-state index contributed by atoms with van der Waals surface area (Å²) in [4.78, 5) is 0. The van der Waals surface area contributed by atoms with Gasteiger partial charge in [0.1, 0.15) is 11.9 Å². The SMILES string of the molecule is CC(C)(C)C1=CCC2Oc3ccccc3CC2C1C(C)(C)C. The summed E-state index contributed by atoms with van der Waals surface area (Å²) >= 11 is 0. The van der Waals surface area contributed by atoms with Crippen LogP contribution in [0.15, 0.2) is 35.9 Å². The fourth-order valence-corrected chi connectivity index (χ4v) is 4.46. The highest BCUT2D eigenvalue weighted by Crippen LogP contribution is 2.52. The van der Waals surface area contributed by atoms with E-state index in [1.807, 2.05) is 0 Å². The summed E-state index contributed by atoms with van der Waals surface area (Å²) in [5.74, 6) is 2.28. The van der Waals surface area contributed by atoms with E-state index in [-0.39, 0.29) is 10.8 Å². The molecule has 3 atom stereocenters. The minimum Gasteiger partial charge on any atom is -0.490 e. The summed E-state index contributed by atoms with van der Waals surface area (Å²) in [6, 6.07) is 8.58. The Hall–Kier alpha value is -1.24. The molecule has 0 aromatic heterocycles. The molecule has 0 spiro atoms. The third kappa shape index (κ3) is 2.71. The van der Waals surface area contributed by atoms with Gasteiger partial charge in [0.15, 0.2) is 0 Å². The van der Waals surface area contributed by atoms with Crippen molar-refractivity contribution in [1.82, 2.24) is 0 Å². The van der Waals surface area contributed by atoms with E-state index in [9.17, 15) is 0 Å². The Morgan fingerprint density at radius 2 is 1.68 bits per heavy atom. The Bertz CT molecular complexity index is 583. The third-order valence-corrected chi connectivity index (χ3v) is 5.32. The van der Waals surface area contributed by atoms with Gasteiger partial charge >= 0.3 is 0 Å². The van der Waals surface area contributed by atoms with E-state index in [1.165, 1.54) is 5.56 Å². The van der Waals surface area contributed by atoms with Crippen molar-refractivity contribution in [2.24, 2.45) is 22.7 Å². The summed E-state index contributed by atoms with van der Waals surface area (Å²) in [6.07, 6.45) is 5.02. The van der Waals surface area contributed by atoms with E-state index in [0.717, 1.165) is 18.6 Å². The minimum absolute atomic E-state index is 0.236. The number of ether oxygens (including phenoxy) is 1. The van der Waals surface area contributed by atoms with Gasteiger partial charge < -0.3 is 4.74 Å². The van der Waals surface area contributed by atoms with E-state index in [1.54, 1.807) is 5.57 Å². The minimum atomic E-state index is 0.236. The Balaban J connectivity index is 2.02. The van der Waals surface area contributed by atoms with E-state index < -0.39 is 0 Å². The van der Waals surface area contributed by atoms with Crippen LogP contribution in [0.3, 0.4) is 0 Å². The van der Waals surface area contributed by atoms with Crippen molar-refractivity contribution in [3.8, 4) is 5.75 Å². The number of hydrogen-bond donors (Lipinski definition) is 0. The molecule has 3 rings (SSSR count). The average Bonchev–Trinajstić information content (AvgIpc) is 2.41. The van der Waals surface area contributed by atoms with Crippen LogP contribution in [0.5, 0.6) is 5.75 Å². The zero-order chi connectivity index (χ0) is 16.1. The molecule has 1 heterocycles. The van der Waals surface area contributed by atoms with Crippen LogP contribution < -0.4 is 4.74 Å². The second-order valence-corrected chi connectivity index (χ2v) is 9.12. The summed E-state index contributed by atoms with van der Waals surface area (Å²) < 4.78 is 6.38. The van der Waals surface area contributed by atoms with E-state index in [4.69, 9.17) is 4.74 Å². The Kier molecular flexibility index (Phi) is 3.66. The molecule has 1 nitrogen and oxygen atoms in total. The van der Waals surface area contributed by atoms with Crippen molar-refractivity contribution in [2.45, 2.75) is 60.5 Å². The lowest BCUT2D eigenvalue weighted by molar-refractivity contribution is 0.0304. The van der Waals surface area contributed by atoms with Crippen LogP contribution in [-0.2, 0) is 6.42 Å². The lowest BCUT2D eigenvalue weighted by atomic mass is 9.58. The number of para-hydroxylation sites is 1. The smallest absolute Gasteiger partial charge is 0.122 e. The Morgan fingerprint density at radius 3 is 2.32 bits per heavy atom. The number of allylic oxidation sites excluding steroid dienone is 1. The molecule has 0 radical (unpaired) electrons. The lowest BCUT2D eigenvalue weighted by Gasteiger charge is -2.50. The van der Waals surface area contributed by atoms with Gasteiger partial charge in [-0.2, -0.15) is 0 Å². The Labute approximate surface area is 135 Å². The molecule has 0 saturated carbocycles. The van der Waals surface area contributed by atoms with Crippen LogP contribution in [0.2, 0.25) is 0 Å². The molecule has 3 unspecified atom stereocenters. The Morgan fingerprint density at radius 1 is 1.00 bits per heavy atom. The van der Waals surface area contributed by atoms with Crippen LogP contribution in [0, 0.1) is 22.7 Å². The second-order valence-electron chi connectivity index (χ2n) is 9.12. The maximum Gasteiger partial charge on any atom is 0.122 e. The zero-order valence-corrected chi connectivity index (χ0v) is 14.9. The van der Waals surface area contributed by atoms with Crippen LogP contribution in [0.25, 0.3) is 0 Å². The first-order chi connectivity index (χ1) is 10.2. The maximum absolute atomic E-state index is 6.38. The lowest BCUT2D eigenvalue weighted by Crippen LogP contribution is -2.47. The molecule has 1 aliphatic carbocycles. The first-order valence-electron chi connectivity index (χ1n) is 8.63. The molecular weight excluding hydrogens is 268 g/mol. The summed E-state index contributed by atoms with van der Waals surface area (Å²) in [7, 11) is 0. The number of rotatable bonds is 0. The molecule has 0 amide bonds. The summed E-state index contributed by atoms with van der Waals surface area (Å²) in [5, 5.41) is 0. The maximum atomic E-state index is 6.38. The van der Waals surface area contributed by atoms with Gasteiger partial charge in [-0.1, -0.05) is 71.4 Å². The quantitative estimate of drug-likeness (QED) is 0.563. The van der Waals surface area contributed by atoms with Crippen LogP contribution >= 0.6 is 0 Å². The highest BCUT2D eigenvalue weighted by atomic mass is 16.5. The average molecular weight is 298 g/mol. The predicted molar refractivity (Wildman–Crippen MR) is 93.2 cm³/mol. The second kappa shape index (κ2) is 5.15.